The topological polar surface area (TPSA) is 139 Å². The maximum absolute atomic E-state index is 13.0. The number of fused-ring (bicyclic) bond motifs is 1. The molecule has 0 radical (unpaired) electrons. The first-order chi connectivity index (χ1) is 14.2. The highest BCUT2D eigenvalue weighted by Crippen LogP contribution is 2.49. The first-order valence-electron chi connectivity index (χ1n) is 9.36. The van der Waals surface area contributed by atoms with Gasteiger partial charge in [0.25, 0.3) is 5.91 Å². The number of carboxylic acids is 1. The second kappa shape index (κ2) is 8.08. The van der Waals surface area contributed by atoms with Crippen LogP contribution in [0.25, 0.3) is 0 Å². The van der Waals surface area contributed by atoms with E-state index in [0.717, 1.165) is 17.7 Å². The molecular weight excluding hydrogens is 390 g/mol. The summed E-state index contributed by atoms with van der Waals surface area (Å²) in [5.41, 5.74) is 1.30. The highest BCUT2D eigenvalue weighted by atomic mass is 16.4. The second-order valence-electron chi connectivity index (χ2n) is 7.38. The molecule has 0 aromatic heterocycles. The van der Waals surface area contributed by atoms with Crippen LogP contribution in [0.1, 0.15) is 57.3 Å². The molecule has 30 heavy (non-hydrogen) atoms. The lowest BCUT2D eigenvalue weighted by molar-refractivity contribution is 0.0696. The number of phenolic OH excluding ortho intramolecular Hbond substituents is 3. The van der Waals surface area contributed by atoms with Crippen molar-refractivity contribution < 1.29 is 35.1 Å². The molecule has 8 heteroatoms. The molecule has 8 nitrogen and oxygen atoms in total. The molecule has 0 bridgehead atoms. The number of aliphatic hydroxyl groups is 1. The van der Waals surface area contributed by atoms with E-state index in [4.69, 9.17) is 0 Å². The van der Waals surface area contributed by atoms with E-state index in [0.29, 0.717) is 12.0 Å². The SMILES string of the molecule is CC(C)=CCc1ccc(O)c(C2c3c(O)cc(C(=O)O)cc3C(=O)N2CCO)c1O. The maximum atomic E-state index is 13.0. The van der Waals surface area contributed by atoms with Crippen molar-refractivity contribution in [2.75, 3.05) is 13.2 Å². The van der Waals surface area contributed by atoms with Crippen molar-refractivity contribution in [3.05, 3.63) is 63.7 Å². The van der Waals surface area contributed by atoms with Crippen molar-refractivity contribution in [2.45, 2.75) is 26.3 Å². The largest absolute Gasteiger partial charge is 0.508 e. The fraction of sp³-hybridized carbons (Fsp3) is 0.273. The number of nitrogens with zero attached hydrogens (tertiary/aromatic N) is 1. The third-order valence-corrected chi connectivity index (χ3v) is 5.10. The van der Waals surface area contributed by atoms with Gasteiger partial charge in [-0.15, -0.1) is 0 Å². The molecular formula is C22H23NO7. The minimum atomic E-state index is -1.31. The lowest BCUT2D eigenvalue weighted by Crippen LogP contribution is -2.31. The average molecular weight is 413 g/mol. The summed E-state index contributed by atoms with van der Waals surface area (Å²) in [7, 11) is 0. The summed E-state index contributed by atoms with van der Waals surface area (Å²) in [6.45, 7) is 3.27. The van der Waals surface area contributed by atoms with Gasteiger partial charge < -0.3 is 30.4 Å². The molecule has 2 aromatic rings. The second-order valence-corrected chi connectivity index (χ2v) is 7.38. The summed E-state index contributed by atoms with van der Waals surface area (Å²) in [5, 5.41) is 50.7. The van der Waals surface area contributed by atoms with Gasteiger partial charge in [0.15, 0.2) is 0 Å². The fourth-order valence-electron chi connectivity index (χ4n) is 3.68. The van der Waals surface area contributed by atoms with E-state index < -0.39 is 30.3 Å². The van der Waals surface area contributed by atoms with Gasteiger partial charge in [-0.25, -0.2) is 4.79 Å². The van der Waals surface area contributed by atoms with Gasteiger partial charge in [-0.3, -0.25) is 4.79 Å². The Hall–Kier alpha value is -3.52. The van der Waals surface area contributed by atoms with E-state index in [1.165, 1.54) is 11.0 Å². The molecule has 0 saturated carbocycles. The number of phenols is 3. The number of aliphatic hydroxyl groups excluding tert-OH is 1. The highest BCUT2D eigenvalue weighted by Gasteiger charge is 2.43. The number of β-amino-alcohol motifs (C(OH)–C–C–N with tert-alkyl or cyclic N) is 1. The Balaban J connectivity index is 2.25. The van der Waals surface area contributed by atoms with Crippen LogP contribution in [0.15, 0.2) is 35.9 Å². The normalized spacial score (nSPS) is 15.2. The Morgan fingerprint density at radius 1 is 1.10 bits per heavy atom. The fourth-order valence-corrected chi connectivity index (χ4v) is 3.68. The summed E-state index contributed by atoms with van der Waals surface area (Å²) >= 11 is 0. The lowest BCUT2D eigenvalue weighted by Gasteiger charge is -2.27. The van der Waals surface area contributed by atoms with Crippen LogP contribution in [0.4, 0.5) is 0 Å². The molecule has 5 N–H and O–H groups in total. The van der Waals surface area contributed by atoms with Crippen molar-refractivity contribution in [3.8, 4) is 17.2 Å². The molecule has 0 saturated heterocycles. The minimum absolute atomic E-state index is 0.00795. The number of carbonyl (C=O) groups is 2. The molecule has 1 amide bonds. The molecule has 0 spiro atoms. The molecule has 0 aliphatic carbocycles. The van der Waals surface area contributed by atoms with E-state index in [9.17, 15) is 35.1 Å². The van der Waals surface area contributed by atoms with Crippen molar-refractivity contribution in [1.29, 1.82) is 0 Å². The zero-order valence-corrected chi connectivity index (χ0v) is 16.6. The van der Waals surface area contributed by atoms with Gasteiger partial charge in [0.2, 0.25) is 0 Å². The van der Waals surface area contributed by atoms with Crippen molar-refractivity contribution in [2.24, 2.45) is 0 Å². The molecule has 0 fully saturated rings. The van der Waals surface area contributed by atoms with E-state index in [-0.39, 0.29) is 40.3 Å². The van der Waals surface area contributed by atoms with Crippen LogP contribution in [0, 0.1) is 0 Å². The number of carboxylic acid groups (broad SMARTS) is 1. The molecule has 1 atom stereocenters. The number of hydrogen-bond donors (Lipinski definition) is 5. The molecule has 1 aliphatic heterocycles. The Morgan fingerprint density at radius 2 is 1.80 bits per heavy atom. The minimum Gasteiger partial charge on any atom is -0.508 e. The van der Waals surface area contributed by atoms with Crippen LogP contribution in [0.5, 0.6) is 17.2 Å². The lowest BCUT2D eigenvalue weighted by atomic mass is 9.92. The van der Waals surface area contributed by atoms with Crippen molar-refractivity contribution >= 4 is 11.9 Å². The number of allylic oxidation sites excluding steroid dienone is 2. The number of aromatic hydroxyl groups is 3. The number of hydrogen-bond acceptors (Lipinski definition) is 6. The molecule has 3 rings (SSSR count). The first-order valence-corrected chi connectivity index (χ1v) is 9.36. The zero-order chi connectivity index (χ0) is 22.2. The number of rotatable bonds is 6. The van der Waals surface area contributed by atoms with Crippen LogP contribution < -0.4 is 0 Å². The quantitative estimate of drug-likeness (QED) is 0.459. The Kier molecular flexibility index (Phi) is 5.71. The number of amides is 1. The van der Waals surface area contributed by atoms with Crippen LogP contribution in [0.3, 0.4) is 0 Å². The zero-order valence-electron chi connectivity index (χ0n) is 16.6. The standard InChI is InChI=1S/C22H23NO7/c1-11(2)3-4-12-5-6-15(25)18(20(12)27)19-17-14(21(28)23(19)7-8-24)9-13(22(29)30)10-16(17)26/h3,5-6,9-10,19,24-27H,4,7-8H2,1-2H3,(H,29,30). The summed E-state index contributed by atoms with van der Waals surface area (Å²) in [6.07, 6.45) is 2.28. The molecule has 158 valence electrons. The van der Waals surface area contributed by atoms with Gasteiger partial charge in [-0.2, -0.15) is 0 Å². The monoisotopic (exact) mass is 413 g/mol. The van der Waals surface area contributed by atoms with Crippen LogP contribution >= 0.6 is 0 Å². The van der Waals surface area contributed by atoms with Gasteiger partial charge in [-0.05, 0) is 44.0 Å². The van der Waals surface area contributed by atoms with Gasteiger partial charge in [-0.1, -0.05) is 17.7 Å². The third kappa shape index (κ3) is 3.57. The molecule has 1 heterocycles. The number of carbonyl (C=O) groups excluding carboxylic acids is 1. The summed E-state index contributed by atoms with van der Waals surface area (Å²) in [5.74, 6) is -2.90. The van der Waals surface area contributed by atoms with Gasteiger partial charge >= 0.3 is 5.97 Å². The van der Waals surface area contributed by atoms with E-state index in [1.807, 2.05) is 19.9 Å². The van der Waals surface area contributed by atoms with Crippen molar-refractivity contribution in [1.82, 2.24) is 4.90 Å². The van der Waals surface area contributed by atoms with Crippen LogP contribution in [-0.2, 0) is 6.42 Å². The molecule has 1 aliphatic rings. The van der Waals surface area contributed by atoms with E-state index in [2.05, 4.69) is 0 Å². The number of aromatic carboxylic acids is 1. The molecule has 1 unspecified atom stereocenters. The van der Waals surface area contributed by atoms with Gasteiger partial charge in [0, 0.05) is 17.7 Å². The van der Waals surface area contributed by atoms with E-state index >= 15 is 0 Å². The third-order valence-electron chi connectivity index (χ3n) is 5.10. The summed E-state index contributed by atoms with van der Waals surface area (Å²) < 4.78 is 0. The maximum Gasteiger partial charge on any atom is 0.335 e. The Labute approximate surface area is 172 Å². The number of benzene rings is 2. The highest BCUT2D eigenvalue weighted by molar-refractivity contribution is 6.03. The van der Waals surface area contributed by atoms with E-state index in [1.54, 1.807) is 6.07 Å². The molecule has 2 aromatic carbocycles. The summed E-state index contributed by atoms with van der Waals surface area (Å²) in [4.78, 5) is 25.5. The Morgan fingerprint density at radius 3 is 2.40 bits per heavy atom. The predicted molar refractivity (Wildman–Crippen MR) is 108 cm³/mol. The summed E-state index contributed by atoms with van der Waals surface area (Å²) in [6, 6.07) is 4.03. The average Bonchev–Trinajstić information content (AvgIpc) is 2.94. The van der Waals surface area contributed by atoms with Gasteiger partial charge in [0.05, 0.1) is 23.8 Å². The van der Waals surface area contributed by atoms with Crippen LogP contribution in [0.2, 0.25) is 0 Å². The Bertz CT molecular complexity index is 1050. The smallest absolute Gasteiger partial charge is 0.335 e. The van der Waals surface area contributed by atoms with Crippen LogP contribution in [-0.4, -0.2) is 55.5 Å². The van der Waals surface area contributed by atoms with Crippen molar-refractivity contribution in [3.63, 3.8) is 0 Å². The first kappa shape index (κ1) is 21.2. The predicted octanol–water partition coefficient (Wildman–Crippen LogP) is 2.55. The van der Waals surface area contributed by atoms with Gasteiger partial charge in [0.1, 0.15) is 17.2 Å².